The summed E-state index contributed by atoms with van der Waals surface area (Å²) in [6.07, 6.45) is 0. The molecule has 3 rings (SSSR count). The smallest absolute Gasteiger partial charge is 0.323 e. The van der Waals surface area contributed by atoms with E-state index in [4.69, 9.17) is 0 Å². The molecule has 1 nitrogen and oxygen atoms in total. The molecule has 0 radical (unpaired) electrons. The van der Waals surface area contributed by atoms with E-state index in [1.165, 1.54) is 13.3 Å². The number of benzene rings is 3. The van der Waals surface area contributed by atoms with Crippen molar-refractivity contribution >= 4 is 27.4 Å². The highest BCUT2D eigenvalue weighted by atomic mass is 27.2. The molecule has 0 fully saturated rings. The molecule has 0 atom stereocenters. The molecule has 0 aromatic heterocycles. The molecule has 0 aliphatic heterocycles. The van der Waals surface area contributed by atoms with Gasteiger partial charge >= 0.3 is 14.1 Å². The van der Waals surface area contributed by atoms with Crippen molar-refractivity contribution in [3.05, 3.63) is 91.0 Å². The number of rotatable bonds is 3. The van der Waals surface area contributed by atoms with Gasteiger partial charge in [0.1, 0.15) is 0 Å². The first-order chi connectivity index (χ1) is 10.9. The normalized spacial score (nSPS) is 9.55. The number of hydrogen-bond acceptors (Lipinski definition) is 1. The van der Waals surface area contributed by atoms with Gasteiger partial charge in [-0.05, 0) is 14.1 Å². The Hall–Kier alpha value is -1.85. The van der Waals surface area contributed by atoms with E-state index in [2.05, 4.69) is 96.3 Å². The van der Waals surface area contributed by atoms with Gasteiger partial charge in [0.2, 0.25) is 0 Å². The summed E-state index contributed by atoms with van der Waals surface area (Å²) in [5.74, 6) is 0. The third-order valence-corrected chi connectivity index (χ3v) is 6.55. The fraction of sp³-hybridized carbons (Fsp3) is 0.100. The van der Waals surface area contributed by atoms with Gasteiger partial charge < -0.3 is 5.32 Å². The van der Waals surface area contributed by atoms with Gasteiger partial charge in [0, 0.05) is 0 Å². The summed E-state index contributed by atoms with van der Waals surface area (Å²) in [6.45, 7) is 0. The van der Waals surface area contributed by atoms with Crippen LogP contribution in [0.25, 0.3) is 0 Å². The predicted molar refractivity (Wildman–Crippen MR) is 99.0 cm³/mol. The van der Waals surface area contributed by atoms with Crippen molar-refractivity contribution in [2.75, 3.05) is 14.1 Å². The molecule has 1 N–H and O–H groups in total. The highest BCUT2D eigenvalue weighted by molar-refractivity contribution is 6.95. The fourth-order valence-corrected chi connectivity index (χ4v) is 5.49. The SMILES string of the molecule is CNC.c1cc[c]([Al]([c]2ccccc2)[c]2ccccc2)cc1. The lowest BCUT2D eigenvalue weighted by molar-refractivity contribution is 1.02. The van der Waals surface area contributed by atoms with E-state index in [0.717, 1.165) is 0 Å². The molecule has 0 aliphatic rings. The molecule has 22 heavy (non-hydrogen) atoms. The van der Waals surface area contributed by atoms with Gasteiger partial charge in [0.05, 0.1) is 0 Å². The standard InChI is InChI=1S/3C6H5.C2H7N.Al/c3*1-2-4-6-5-3-1;1-3-2;/h3*1-5H;3H,1-2H3;. The number of nitrogens with one attached hydrogen (secondary N) is 1. The van der Waals surface area contributed by atoms with Crippen molar-refractivity contribution in [2.45, 2.75) is 0 Å². The van der Waals surface area contributed by atoms with Gasteiger partial charge in [0.25, 0.3) is 0 Å². The predicted octanol–water partition coefficient (Wildman–Crippen LogP) is 2.04. The topological polar surface area (TPSA) is 12.0 Å². The van der Waals surface area contributed by atoms with E-state index >= 15 is 0 Å². The van der Waals surface area contributed by atoms with Crippen LogP contribution in [0.1, 0.15) is 0 Å². The van der Waals surface area contributed by atoms with Crippen LogP contribution in [0.3, 0.4) is 0 Å². The van der Waals surface area contributed by atoms with Crippen LogP contribution < -0.4 is 18.6 Å². The van der Waals surface area contributed by atoms with Crippen LogP contribution in [0.2, 0.25) is 0 Å². The molecule has 0 amide bonds. The Kier molecular flexibility index (Phi) is 6.93. The lowest BCUT2D eigenvalue weighted by Gasteiger charge is -2.13. The van der Waals surface area contributed by atoms with E-state index in [0.29, 0.717) is 0 Å². The van der Waals surface area contributed by atoms with Crippen LogP contribution in [0, 0.1) is 0 Å². The van der Waals surface area contributed by atoms with Crippen molar-refractivity contribution in [3.8, 4) is 0 Å². The largest absolute Gasteiger partial charge is 0.383 e. The maximum absolute atomic E-state index is 2.75. The third kappa shape index (κ3) is 4.58. The minimum atomic E-state index is -1.31. The average Bonchev–Trinajstić information content (AvgIpc) is 2.59. The summed E-state index contributed by atoms with van der Waals surface area (Å²) in [6, 6.07) is 32.7. The summed E-state index contributed by atoms with van der Waals surface area (Å²) < 4.78 is 4.42. The van der Waals surface area contributed by atoms with Gasteiger partial charge in [-0.1, -0.05) is 104 Å². The van der Waals surface area contributed by atoms with Crippen LogP contribution in [0.4, 0.5) is 0 Å². The van der Waals surface area contributed by atoms with E-state index in [1.807, 2.05) is 14.1 Å². The van der Waals surface area contributed by atoms with Gasteiger partial charge in [-0.25, -0.2) is 0 Å². The molecule has 0 heterocycles. The molecule has 110 valence electrons. The Labute approximate surface area is 138 Å². The summed E-state index contributed by atoms with van der Waals surface area (Å²) in [5.41, 5.74) is 0. The zero-order valence-corrected chi connectivity index (χ0v) is 14.4. The van der Waals surface area contributed by atoms with Gasteiger partial charge in [0.15, 0.2) is 0 Å². The van der Waals surface area contributed by atoms with Crippen LogP contribution in [0.15, 0.2) is 91.0 Å². The Morgan fingerprint density at radius 2 is 0.727 bits per heavy atom. The third-order valence-electron chi connectivity index (χ3n) is 3.40. The van der Waals surface area contributed by atoms with Crippen LogP contribution in [0.5, 0.6) is 0 Å². The van der Waals surface area contributed by atoms with Crippen LogP contribution >= 0.6 is 0 Å². The summed E-state index contributed by atoms with van der Waals surface area (Å²) in [7, 11) is 3.75. The molecule has 0 unspecified atom stereocenters. The Bertz CT molecular complexity index is 544. The molecule has 2 heteroatoms. The zero-order chi connectivity index (χ0) is 15.6. The first-order valence-corrected chi connectivity index (χ1v) is 9.33. The monoisotopic (exact) mass is 303 g/mol. The highest BCUT2D eigenvalue weighted by Gasteiger charge is 2.23. The van der Waals surface area contributed by atoms with E-state index in [-0.39, 0.29) is 0 Å². The van der Waals surface area contributed by atoms with E-state index in [9.17, 15) is 0 Å². The fourth-order valence-electron chi connectivity index (χ4n) is 2.51. The van der Waals surface area contributed by atoms with Gasteiger partial charge in [-0.3, -0.25) is 0 Å². The Morgan fingerprint density at radius 3 is 0.955 bits per heavy atom. The lowest BCUT2D eigenvalue weighted by atomic mass is 10.3. The van der Waals surface area contributed by atoms with Crippen molar-refractivity contribution in [1.82, 2.24) is 5.32 Å². The van der Waals surface area contributed by atoms with E-state index in [1.54, 1.807) is 0 Å². The maximum atomic E-state index is 2.75. The zero-order valence-electron chi connectivity index (χ0n) is 13.2. The van der Waals surface area contributed by atoms with Crippen molar-refractivity contribution in [3.63, 3.8) is 0 Å². The molecule has 0 spiro atoms. The number of hydrogen-bond donors (Lipinski definition) is 1. The molecule has 0 aliphatic carbocycles. The summed E-state index contributed by atoms with van der Waals surface area (Å²) in [5, 5.41) is 2.75. The second-order valence-corrected chi connectivity index (χ2v) is 8.03. The second kappa shape index (κ2) is 9.23. The molecular weight excluding hydrogens is 281 g/mol. The second-order valence-electron chi connectivity index (χ2n) is 5.17. The minimum Gasteiger partial charge on any atom is -0.323 e. The molecular formula is C20H22AlN. The molecule has 0 saturated heterocycles. The van der Waals surface area contributed by atoms with Crippen LogP contribution in [-0.4, -0.2) is 28.2 Å². The summed E-state index contributed by atoms with van der Waals surface area (Å²) >= 11 is -1.31. The minimum absolute atomic E-state index is 1.31. The van der Waals surface area contributed by atoms with Crippen molar-refractivity contribution in [2.24, 2.45) is 0 Å². The maximum Gasteiger partial charge on any atom is 0.383 e. The Balaban J connectivity index is 0.000000545. The van der Waals surface area contributed by atoms with Gasteiger partial charge in [-0.15, -0.1) is 0 Å². The molecule has 3 aromatic rings. The van der Waals surface area contributed by atoms with Crippen molar-refractivity contribution in [1.29, 1.82) is 0 Å². The van der Waals surface area contributed by atoms with Crippen LogP contribution in [-0.2, 0) is 0 Å². The summed E-state index contributed by atoms with van der Waals surface area (Å²) in [4.78, 5) is 0. The average molecular weight is 303 g/mol. The Morgan fingerprint density at radius 1 is 0.500 bits per heavy atom. The molecule has 0 bridgehead atoms. The lowest BCUT2D eigenvalue weighted by Crippen LogP contribution is -2.51. The first-order valence-electron chi connectivity index (χ1n) is 7.60. The quantitative estimate of drug-likeness (QED) is 0.730. The molecule has 3 aromatic carbocycles. The van der Waals surface area contributed by atoms with E-state index < -0.39 is 14.1 Å². The first kappa shape index (κ1) is 16.5. The van der Waals surface area contributed by atoms with Crippen molar-refractivity contribution < 1.29 is 0 Å². The highest BCUT2D eigenvalue weighted by Crippen LogP contribution is 1.95. The molecule has 0 saturated carbocycles. The van der Waals surface area contributed by atoms with Gasteiger partial charge in [-0.2, -0.15) is 0 Å².